The van der Waals surface area contributed by atoms with E-state index in [4.69, 9.17) is 16.1 Å². The van der Waals surface area contributed by atoms with E-state index in [1.54, 1.807) is 60.9 Å². The number of pyridine rings is 1. The quantitative estimate of drug-likeness (QED) is 0.515. The second kappa shape index (κ2) is 6.61. The molecule has 0 fully saturated rings. The van der Waals surface area contributed by atoms with E-state index in [-0.39, 0.29) is 5.82 Å². The van der Waals surface area contributed by atoms with Crippen LogP contribution in [0.1, 0.15) is 0 Å². The largest absolute Gasteiger partial charge is 0.366 e. The van der Waals surface area contributed by atoms with Crippen LogP contribution in [0, 0.1) is 5.82 Å². The van der Waals surface area contributed by atoms with E-state index in [0.29, 0.717) is 27.5 Å². The first-order chi connectivity index (χ1) is 12.6. The van der Waals surface area contributed by atoms with Gasteiger partial charge in [-0.2, -0.15) is 4.74 Å². The third-order valence-electron chi connectivity index (χ3n) is 3.97. The molecular weight excluding hydrogens is 355 g/mol. The molecule has 0 bridgehead atoms. The van der Waals surface area contributed by atoms with Crippen LogP contribution in [0.15, 0.2) is 82.4 Å². The Morgan fingerprint density at radius 1 is 0.885 bits per heavy atom. The molecular formula is C20H12ClFN2O2. The van der Waals surface area contributed by atoms with Crippen LogP contribution in [0.2, 0.25) is 5.02 Å². The highest BCUT2D eigenvalue weighted by molar-refractivity contribution is 6.30. The van der Waals surface area contributed by atoms with Crippen molar-refractivity contribution in [3.8, 4) is 28.1 Å². The van der Waals surface area contributed by atoms with Gasteiger partial charge in [0, 0.05) is 23.0 Å². The maximum Gasteiger partial charge on any atom is 0.366 e. The molecule has 4 rings (SSSR count). The molecule has 0 aliphatic rings. The molecule has 2 aromatic carbocycles. The number of halogens is 2. The molecule has 4 nitrogen and oxygen atoms in total. The van der Waals surface area contributed by atoms with Gasteiger partial charge >= 0.3 is 5.63 Å². The Morgan fingerprint density at radius 2 is 1.54 bits per heavy atom. The van der Waals surface area contributed by atoms with Gasteiger partial charge in [-0.3, -0.25) is 4.98 Å². The second-order valence-corrected chi connectivity index (χ2v) is 6.05. The fourth-order valence-corrected chi connectivity index (χ4v) is 2.90. The van der Waals surface area contributed by atoms with Gasteiger partial charge in [0.15, 0.2) is 0 Å². The third-order valence-corrected chi connectivity index (χ3v) is 4.22. The molecule has 0 unspecified atom stereocenters. The lowest BCUT2D eigenvalue weighted by Gasteiger charge is -2.08. The maximum atomic E-state index is 13.3. The number of hydrogen-bond acceptors (Lipinski definition) is 3. The predicted octanol–water partition coefficient (Wildman–Crippen LogP) is 4.95. The lowest BCUT2D eigenvalue weighted by molar-refractivity contribution is 0.327. The van der Waals surface area contributed by atoms with Gasteiger partial charge < -0.3 is 4.52 Å². The maximum absolute atomic E-state index is 13.3. The van der Waals surface area contributed by atoms with Gasteiger partial charge in [0.2, 0.25) is 0 Å². The minimum Gasteiger partial charge on any atom is -0.330 e. The minimum absolute atomic E-state index is 0.353. The number of aromatic nitrogens is 2. The SMILES string of the molecule is O=c1on(-c2ccc(Cl)cc2)c(-c2ccncc2)c1-c1ccc(F)cc1. The highest BCUT2D eigenvalue weighted by Gasteiger charge is 2.21. The zero-order valence-corrected chi connectivity index (χ0v) is 14.2. The Kier molecular flexibility index (Phi) is 4.14. The van der Waals surface area contributed by atoms with Crippen molar-refractivity contribution in [3.05, 3.63) is 94.3 Å². The average molecular weight is 367 g/mol. The summed E-state index contributed by atoms with van der Waals surface area (Å²) >= 11 is 5.96. The van der Waals surface area contributed by atoms with E-state index >= 15 is 0 Å². The van der Waals surface area contributed by atoms with Crippen LogP contribution in [0.5, 0.6) is 0 Å². The number of nitrogens with zero attached hydrogens (tertiary/aromatic N) is 2. The topological polar surface area (TPSA) is 48.0 Å². The Morgan fingerprint density at radius 3 is 2.19 bits per heavy atom. The van der Waals surface area contributed by atoms with Crippen molar-refractivity contribution in [3.63, 3.8) is 0 Å². The first kappa shape index (κ1) is 16.3. The van der Waals surface area contributed by atoms with Crippen LogP contribution in [0.3, 0.4) is 0 Å². The summed E-state index contributed by atoms with van der Waals surface area (Å²) in [5.74, 6) is -0.374. The Labute approximate surface area is 153 Å². The van der Waals surface area contributed by atoms with Crippen LogP contribution in [0.25, 0.3) is 28.1 Å². The number of rotatable bonds is 3. The lowest BCUT2D eigenvalue weighted by atomic mass is 10.0. The summed E-state index contributed by atoms with van der Waals surface area (Å²) in [5, 5.41) is 0.576. The second-order valence-electron chi connectivity index (χ2n) is 5.62. The van der Waals surface area contributed by atoms with Crippen LogP contribution in [-0.2, 0) is 0 Å². The van der Waals surface area contributed by atoms with Gasteiger partial charge in [-0.25, -0.2) is 9.18 Å². The summed E-state index contributed by atoms with van der Waals surface area (Å²) < 4.78 is 20.3. The molecule has 0 saturated carbocycles. The van der Waals surface area contributed by atoms with Crippen molar-refractivity contribution >= 4 is 11.6 Å². The summed E-state index contributed by atoms with van der Waals surface area (Å²) in [4.78, 5) is 16.7. The van der Waals surface area contributed by atoms with Crippen molar-refractivity contribution < 1.29 is 8.91 Å². The zero-order chi connectivity index (χ0) is 18.1. The molecule has 2 aromatic heterocycles. The molecule has 0 radical (unpaired) electrons. The standard InChI is InChI=1S/C20H12ClFN2O2/c21-15-3-7-17(8-4-15)24-19(14-9-11-23-12-10-14)18(20(25)26-24)13-1-5-16(22)6-2-13/h1-12H. The van der Waals surface area contributed by atoms with Gasteiger partial charge in [0.1, 0.15) is 11.5 Å². The molecule has 4 aromatic rings. The summed E-state index contributed by atoms with van der Waals surface area (Å²) in [6.07, 6.45) is 3.26. The fraction of sp³-hybridized carbons (Fsp3) is 0. The molecule has 0 amide bonds. The summed E-state index contributed by atoms with van der Waals surface area (Å²) in [5.41, 5.74) is 2.36. The van der Waals surface area contributed by atoms with E-state index < -0.39 is 5.63 Å². The molecule has 26 heavy (non-hydrogen) atoms. The average Bonchev–Trinajstić information content (AvgIpc) is 3.01. The lowest BCUT2D eigenvalue weighted by Crippen LogP contribution is -1.97. The van der Waals surface area contributed by atoms with E-state index in [9.17, 15) is 9.18 Å². The highest BCUT2D eigenvalue weighted by Crippen LogP contribution is 2.32. The molecule has 0 aliphatic carbocycles. The monoisotopic (exact) mass is 366 g/mol. The van der Waals surface area contributed by atoms with E-state index in [1.807, 2.05) is 0 Å². The van der Waals surface area contributed by atoms with Crippen LogP contribution >= 0.6 is 11.6 Å². The van der Waals surface area contributed by atoms with Crippen molar-refractivity contribution in [1.82, 2.24) is 9.72 Å². The van der Waals surface area contributed by atoms with Gasteiger partial charge in [-0.1, -0.05) is 23.7 Å². The van der Waals surface area contributed by atoms with Crippen molar-refractivity contribution in [2.75, 3.05) is 0 Å². The van der Waals surface area contributed by atoms with Crippen molar-refractivity contribution in [2.24, 2.45) is 0 Å². The molecule has 6 heteroatoms. The normalized spacial score (nSPS) is 10.8. The van der Waals surface area contributed by atoms with Gasteiger partial charge in [0.05, 0.1) is 11.3 Å². The molecule has 2 heterocycles. The molecule has 0 N–H and O–H groups in total. The molecule has 0 atom stereocenters. The number of benzene rings is 2. The first-order valence-corrected chi connectivity index (χ1v) is 8.20. The van der Waals surface area contributed by atoms with Crippen LogP contribution in [0.4, 0.5) is 4.39 Å². The van der Waals surface area contributed by atoms with Gasteiger partial charge in [-0.15, -0.1) is 0 Å². The predicted molar refractivity (Wildman–Crippen MR) is 97.9 cm³/mol. The van der Waals surface area contributed by atoms with E-state index in [1.165, 1.54) is 16.9 Å². The first-order valence-electron chi connectivity index (χ1n) is 7.82. The summed E-state index contributed by atoms with van der Waals surface area (Å²) in [6, 6.07) is 16.2. The van der Waals surface area contributed by atoms with Crippen molar-refractivity contribution in [2.45, 2.75) is 0 Å². The third kappa shape index (κ3) is 2.93. The molecule has 0 saturated heterocycles. The smallest absolute Gasteiger partial charge is 0.330 e. The summed E-state index contributed by atoms with van der Waals surface area (Å²) in [6.45, 7) is 0. The van der Waals surface area contributed by atoms with Gasteiger partial charge in [-0.05, 0) is 54.1 Å². The molecule has 0 aliphatic heterocycles. The molecule has 128 valence electrons. The fourth-order valence-electron chi connectivity index (χ4n) is 2.77. The van der Waals surface area contributed by atoms with E-state index in [0.717, 1.165) is 5.56 Å². The Bertz CT molecular complexity index is 1100. The Balaban J connectivity index is 2.01. The Hall–Kier alpha value is -3.18. The van der Waals surface area contributed by atoms with Crippen LogP contribution < -0.4 is 5.63 Å². The highest BCUT2D eigenvalue weighted by atomic mass is 35.5. The van der Waals surface area contributed by atoms with E-state index in [2.05, 4.69) is 4.98 Å². The number of hydrogen-bond donors (Lipinski definition) is 0. The zero-order valence-electron chi connectivity index (χ0n) is 13.4. The van der Waals surface area contributed by atoms with Gasteiger partial charge in [0.25, 0.3) is 0 Å². The minimum atomic E-state index is -0.515. The van der Waals surface area contributed by atoms with Crippen LogP contribution in [-0.4, -0.2) is 9.72 Å². The van der Waals surface area contributed by atoms with Crippen molar-refractivity contribution in [1.29, 1.82) is 0 Å². The summed E-state index contributed by atoms with van der Waals surface area (Å²) in [7, 11) is 0. The molecule has 0 spiro atoms.